The molecular weight excluding hydrogens is 308 g/mol. The van der Waals surface area contributed by atoms with Crippen molar-refractivity contribution in [2.45, 2.75) is 44.9 Å². The van der Waals surface area contributed by atoms with Crippen LogP contribution in [0.2, 0.25) is 0 Å². The minimum atomic E-state index is -1.19. The van der Waals surface area contributed by atoms with E-state index in [1.807, 2.05) is 13.0 Å². The number of carboxylic acid groups (broad SMARTS) is 1. The van der Waals surface area contributed by atoms with Crippen LogP contribution < -0.4 is 10.6 Å². The molecule has 0 aliphatic rings. The average molecular weight is 334 g/mol. The Hall–Kier alpha value is -2.37. The van der Waals surface area contributed by atoms with Crippen molar-refractivity contribution in [3.05, 3.63) is 35.9 Å². The van der Waals surface area contributed by atoms with E-state index in [9.17, 15) is 19.5 Å². The fourth-order valence-electron chi connectivity index (χ4n) is 2.23. The van der Waals surface area contributed by atoms with Crippen LogP contribution in [0.3, 0.4) is 0 Å². The van der Waals surface area contributed by atoms with Gasteiger partial charge in [0.25, 0.3) is 0 Å². The number of nitrogens with one attached hydrogen (secondary N) is 2. The molecule has 1 aromatic rings. The van der Waals surface area contributed by atoms with Crippen LogP contribution in [-0.2, 0) is 19.8 Å². The Kier molecular flexibility index (Phi) is 7.95. The molecule has 0 saturated carbocycles. The van der Waals surface area contributed by atoms with E-state index in [-0.39, 0.29) is 24.8 Å². The van der Waals surface area contributed by atoms with Crippen molar-refractivity contribution in [3.8, 4) is 0 Å². The number of carbonyl (C=O) groups excluding carboxylic acids is 2. The Balaban J connectivity index is 2.46. The molecular formula is C18H26N2O4. The van der Waals surface area contributed by atoms with Crippen LogP contribution in [0.5, 0.6) is 0 Å². The second kappa shape index (κ2) is 9.70. The smallest absolute Gasteiger partial charge is 0.315 e. The molecule has 0 saturated heterocycles. The first-order chi connectivity index (χ1) is 11.4. The number of amides is 2. The van der Waals surface area contributed by atoms with Crippen LogP contribution >= 0.6 is 0 Å². The summed E-state index contributed by atoms with van der Waals surface area (Å²) in [5.74, 6) is -1.31. The standard InChI is InChI=1S/C18H26N2O4/c1-3-12-19-15(21)10-7-11-16(22)20-13-18(2,17(23)24)14-8-5-4-6-9-14/h4-6,8-9H,3,7,10-13H2,1-2H3,(H,19,21)(H,20,22)(H,23,24). The lowest BCUT2D eigenvalue weighted by molar-refractivity contribution is -0.143. The fourth-order valence-corrected chi connectivity index (χ4v) is 2.23. The summed E-state index contributed by atoms with van der Waals surface area (Å²) in [7, 11) is 0. The highest BCUT2D eigenvalue weighted by Gasteiger charge is 2.35. The van der Waals surface area contributed by atoms with Gasteiger partial charge in [0.15, 0.2) is 0 Å². The van der Waals surface area contributed by atoms with E-state index >= 15 is 0 Å². The molecule has 0 fully saturated rings. The summed E-state index contributed by atoms with van der Waals surface area (Å²) in [5, 5.41) is 14.9. The summed E-state index contributed by atoms with van der Waals surface area (Å²) < 4.78 is 0. The van der Waals surface area contributed by atoms with Crippen LogP contribution in [0.1, 0.15) is 45.1 Å². The predicted molar refractivity (Wildman–Crippen MR) is 91.6 cm³/mol. The molecule has 0 heterocycles. The van der Waals surface area contributed by atoms with E-state index < -0.39 is 11.4 Å². The largest absolute Gasteiger partial charge is 0.481 e. The minimum absolute atomic E-state index is 0.00715. The van der Waals surface area contributed by atoms with Crippen molar-refractivity contribution in [2.75, 3.05) is 13.1 Å². The Morgan fingerprint density at radius 3 is 2.17 bits per heavy atom. The fraction of sp³-hybridized carbons (Fsp3) is 0.500. The zero-order valence-corrected chi connectivity index (χ0v) is 14.3. The molecule has 0 bridgehead atoms. The van der Waals surface area contributed by atoms with Gasteiger partial charge < -0.3 is 15.7 Å². The molecule has 3 N–H and O–H groups in total. The molecule has 1 aromatic carbocycles. The molecule has 1 unspecified atom stereocenters. The van der Waals surface area contributed by atoms with Gasteiger partial charge in [-0.25, -0.2) is 0 Å². The van der Waals surface area contributed by atoms with Gasteiger partial charge in [-0.3, -0.25) is 14.4 Å². The van der Waals surface area contributed by atoms with E-state index in [0.717, 1.165) is 6.42 Å². The second-order valence-electron chi connectivity index (χ2n) is 5.98. The molecule has 0 aliphatic heterocycles. The number of carboxylic acids is 1. The maximum atomic E-state index is 11.9. The summed E-state index contributed by atoms with van der Waals surface area (Å²) >= 11 is 0. The zero-order chi connectivity index (χ0) is 18.0. The maximum Gasteiger partial charge on any atom is 0.315 e. The molecule has 0 radical (unpaired) electrons. The number of hydrogen-bond donors (Lipinski definition) is 3. The van der Waals surface area contributed by atoms with Gasteiger partial charge in [-0.1, -0.05) is 37.3 Å². The number of carbonyl (C=O) groups is 3. The van der Waals surface area contributed by atoms with Crippen LogP contribution in [0, 0.1) is 0 Å². The molecule has 6 nitrogen and oxygen atoms in total. The van der Waals surface area contributed by atoms with Gasteiger partial charge in [0.1, 0.15) is 5.41 Å². The maximum absolute atomic E-state index is 11.9. The first-order valence-electron chi connectivity index (χ1n) is 8.22. The molecule has 1 rings (SSSR count). The van der Waals surface area contributed by atoms with Crippen molar-refractivity contribution in [3.63, 3.8) is 0 Å². The Morgan fingerprint density at radius 2 is 1.62 bits per heavy atom. The zero-order valence-electron chi connectivity index (χ0n) is 14.3. The highest BCUT2D eigenvalue weighted by atomic mass is 16.4. The number of aliphatic carboxylic acids is 1. The first-order valence-corrected chi connectivity index (χ1v) is 8.22. The van der Waals surface area contributed by atoms with Crippen molar-refractivity contribution < 1.29 is 19.5 Å². The van der Waals surface area contributed by atoms with Crippen molar-refractivity contribution in [1.82, 2.24) is 10.6 Å². The lowest BCUT2D eigenvalue weighted by Crippen LogP contribution is -2.44. The van der Waals surface area contributed by atoms with Gasteiger partial charge in [0, 0.05) is 25.9 Å². The van der Waals surface area contributed by atoms with Gasteiger partial charge in [0.05, 0.1) is 0 Å². The Bertz CT molecular complexity index is 559. The second-order valence-corrected chi connectivity index (χ2v) is 5.98. The van der Waals surface area contributed by atoms with Gasteiger partial charge in [-0.2, -0.15) is 0 Å². The molecule has 0 aliphatic carbocycles. The summed E-state index contributed by atoms with van der Waals surface area (Å²) in [4.78, 5) is 35.0. The molecule has 6 heteroatoms. The first kappa shape index (κ1) is 19.7. The van der Waals surface area contributed by atoms with E-state index in [2.05, 4.69) is 10.6 Å². The van der Waals surface area contributed by atoms with Crippen LogP contribution in [0.4, 0.5) is 0 Å². The minimum Gasteiger partial charge on any atom is -0.481 e. The topological polar surface area (TPSA) is 95.5 Å². The van der Waals surface area contributed by atoms with E-state index in [1.165, 1.54) is 0 Å². The Morgan fingerprint density at radius 1 is 1.04 bits per heavy atom. The number of benzene rings is 1. The molecule has 24 heavy (non-hydrogen) atoms. The predicted octanol–water partition coefficient (Wildman–Crippen LogP) is 1.84. The highest BCUT2D eigenvalue weighted by molar-refractivity contribution is 5.83. The van der Waals surface area contributed by atoms with Crippen molar-refractivity contribution >= 4 is 17.8 Å². The Labute approximate surface area is 142 Å². The van der Waals surface area contributed by atoms with Crippen LogP contribution in [0.25, 0.3) is 0 Å². The van der Waals surface area contributed by atoms with Gasteiger partial charge in [-0.05, 0) is 25.3 Å². The van der Waals surface area contributed by atoms with E-state index in [0.29, 0.717) is 24.9 Å². The lowest BCUT2D eigenvalue weighted by atomic mass is 9.82. The van der Waals surface area contributed by atoms with Gasteiger partial charge in [0.2, 0.25) is 11.8 Å². The summed E-state index contributed by atoms with van der Waals surface area (Å²) in [6.07, 6.45) is 1.81. The molecule has 0 aromatic heterocycles. The van der Waals surface area contributed by atoms with Crippen molar-refractivity contribution in [2.24, 2.45) is 0 Å². The van der Waals surface area contributed by atoms with Crippen molar-refractivity contribution in [1.29, 1.82) is 0 Å². The summed E-state index contributed by atoms with van der Waals surface area (Å²) in [6.45, 7) is 4.20. The highest BCUT2D eigenvalue weighted by Crippen LogP contribution is 2.23. The van der Waals surface area contributed by atoms with Crippen LogP contribution in [-0.4, -0.2) is 36.0 Å². The van der Waals surface area contributed by atoms with Gasteiger partial charge >= 0.3 is 5.97 Å². The SMILES string of the molecule is CCCNC(=O)CCCC(=O)NCC(C)(C(=O)O)c1ccccc1. The molecule has 2 amide bonds. The summed E-state index contributed by atoms with van der Waals surface area (Å²) in [6, 6.07) is 8.82. The third-order valence-corrected chi connectivity index (χ3v) is 3.90. The normalized spacial score (nSPS) is 12.9. The molecule has 132 valence electrons. The number of rotatable bonds is 10. The summed E-state index contributed by atoms with van der Waals surface area (Å²) in [5.41, 5.74) is -0.549. The van der Waals surface area contributed by atoms with E-state index in [1.54, 1.807) is 31.2 Å². The third-order valence-electron chi connectivity index (χ3n) is 3.90. The lowest BCUT2D eigenvalue weighted by Gasteiger charge is -2.25. The third kappa shape index (κ3) is 6.02. The van der Waals surface area contributed by atoms with Gasteiger partial charge in [-0.15, -0.1) is 0 Å². The number of hydrogen-bond acceptors (Lipinski definition) is 3. The monoisotopic (exact) mass is 334 g/mol. The van der Waals surface area contributed by atoms with E-state index in [4.69, 9.17) is 0 Å². The van der Waals surface area contributed by atoms with Crippen LogP contribution in [0.15, 0.2) is 30.3 Å². The quantitative estimate of drug-likeness (QED) is 0.608. The molecule has 1 atom stereocenters. The average Bonchev–Trinajstić information content (AvgIpc) is 2.58. The molecule has 0 spiro atoms.